The van der Waals surface area contributed by atoms with E-state index < -0.39 is 0 Å². The van der Waals surface area contributed by atoms with Crippen molar-refractivity contribution < 1.29 is 0 Å². The number of rotatable bonds is 5. The van der Waals surface area contributed by atoms with Crippen molar-refractivity contribution in [1.82, 2.24) is 15.1 Å². The highest BCUT2D eigenvalue weighted by atomic mass is 15.2. The first-order chi connectivity index (χ1) is 8.72. The third-order valence-electron chi connectivity index (χ3n) is 4.54. The number of aryl methyl sites for hydroxylation is 1. The Morgan fingerprint density at radius 1 is 1.50 bits per heavy atom. The summed E-state index contributed by atoms with van der Waals surface area (Å²) >= 11 is 0. The van der Waals surface area contributed by atoms with Gasteiger partial charge in [-0.2, -0.15) is 5.10 Å². The molecule has 102 valence electrons. The number of likely N-dealkylation sites (N-methyl/N-ethyl adjacent to an activating group) is 1. The maximum absolute atomic E-state index is 4.51. The fraction of sp³-hybridized carbons (Fsp3) is 0.800. The SMILES string of the molecule is CCC1CCCC(C(Cc2ccn(C)n2)NC)C1. The Morgan fingerprint density at radius 3 is 2.94 bits per heavy atom. The molecule has 2 rings (SSSR count). The van der Waals surface area contributed by atoms with E-state index in [9.17, 15) is 0 Å². The van der Waals surface area contributed by atoms with E-state index >= 15 is 0 Å². The largest absolute Gasteiger partial charge is 0.316 e. The smallest absolute Gasteiger partial charge is 0.0640 e. The van der Waals surface area contributed by atoms with Crippen LogP contribution in [0.2, 0.25) is 0 Å². The van der Waals surface area contributed by atoms with Crippen molar-refractivity contribution in [3.63, 3.8) is 0 Å². The lowest BCUT2D eigenvalue weighted by Gasteiger charge is -2.34. The monoisotopic (exact) mass is 249 g/mol. The quantitative estimate of drug-likeness (QED) is 0.869. The molecule has 0 saturated heterocycles. The molecule has 1 saturated carbocycles. The highest BCUT2D eigenvalue weighted by molar-refractivity contribution is 5.02. The van der Waals surface area contributed by atoms with Gasteiger partial charge >= 0.3 is 0 Å². The Kier molecular flexibility index (Phi) is 4.81. The van der Waals surface area contributed by atoms with E-state index in [-0.39, 0.29) is 0 Å². The molecule has 1 aliphatic rings. The average Bonchev–Trinajstić information content (AvgIpc) is 2.81. The lowest BCUT2D eigenvalue weighted by atomic mass is 9.76. The maximum atomic E-state index is 4.51. The second-order valence-electron chi connectivity index (χ2n) is 5.78. The molecular formula is C15H27N3. The zero-order chi connectivity index (χ0) is 13.0. The average molecular weight is 249 g/mol. The van der Waals surface area contributed by atoms with Crippen LogP contribution in [0.3, 0.4) is 0 Å². The van der Waals surface area contributed by atoms with Crippen LogP contribution in [0.1, 0.15) is 44.7 Å². The van der Waals surface area contributed by atoms with Crippen molar-refractivity contribution in [2.75, 3.05) is 7.05 Å². The van der Waals surface area contributed by atoms with Gasteiger partial charge in [-0.1, -0.05) is 26.2 Å². The van der Waals surface area contributed by atoms with Crippen LogP contribution in [0.15, 0.2) is 12.3 Å². The highest BCUT2D eigenvalue weighted by Gasteiger charge is 2.27. The summed E-state index contributed by atoms with van der Waals surface area (Å²) in [4.78, 5) is 0. The van der Waals surface area contributed by atoms with Gasteiger partial charge in [-0.3, -0.25) is 4.68 Å². The van der Waals surface area contributed by atoms with Crippen LogP contribution in [0.5, 0.6) is 0 Å². The van der Waals surface area contributed by atoms with Gasteiger partial charge in [0.2, 0.25) is 0 Å². The first-order valence-corrected chi connectivity index (χ1v) is 7.38. The molecule has 3 nitrogen and oxygen atoms in total. The van der Waals surface area contributed by atoms with E-state index in [0.29, 0.717) is 6.04 Å². The maximum Gasteiger partial charge on any atom is 0.0640 e. The van der Waals surface area contributed by atoms with Crippen molar-refractivity contribution in [2.45, 2.75) is 51.5 Å². The standard InChI is InChI=1S/C15H27N3/c1-4-12-6-5-7-13(10-12)15(16-2)11-14-8-9-18(3)17-14/h8-9,12-13,15-16H,4-7,10-11H2,1-3H3. The molecule has 1 N–H and O–H groups in total. The molecule has 0 aromatic carbocycles. The van der Waals surface area contributed by atoms with Crippen LogP contribution in [0.4, 0.5) is 0 Å². The number of aromatic nitrogens is 2. The molecule has 0 spiro atoms. The number of nitrogens with zero attached hydrogens (tertiary/aromatic N) is 2. The predicted octanol–water partition coefficient (Wildman–Crippen LogP) is 2.77. The normalized spacial score (nSPS) is 26.2. The highest BCUT2D eigenvalue weighted by Crippen LogP contribution is 2.33. The molecule has 0 amide bonds. The van der Waals surface area contributed by atoms with E-state index in [1.54, 1.807) is 0 Å². The predicted molar refractivity (Wildman–Crippen MR) is 75.5 cm³/mol. The Morgan fingerprint density at radius 2 is 2.33 bits per heavy atom. The van der Waals surface area contributed by atoms with Gasteiger partial charge in [-0.15, -0.1) is 0 Å². The number of hydrogen-bond acceptors (Lipinski definition) is 2. The number of nitrogens with one attached hydrogen (secondary N) is 1. The van der Waals surface area contributed by atoms with E-state index in [2.05, 4.69) is 30.5 Å². The molecular weight excluding hydrogens is 222 g/mol. The van der Waals surface area contributed by atoms with Crippen molar-refractivity contribution in [2.24, 2.45) is 18.9 Å². The molecule has 1 heterocycles. The van der Waals surface area contributed by atoms with Gasteiger partial charge in [0, 0.05) is 25.7 Å². The second-order valence-corrected chi connectivity index (χ2v) is 5.78. The van der Waals surface area contributed by atoms with Crippen molar-refractivity contribution in [1.29, 1.82) is 0 Å². The van der Waals surface area contributed by atoms with Crippen molar-refractivity contribution >= 4 is 0 Å². The van der Waals surface area contributed by atoms with Gasteiger partial charge in [-0.05, 0) is 37.8 Å². The lowest BCUT2D eigenvalue weighted by molar-refractivity contribution is 0.212. The van der Waals surface area contributed by atoms with Gasteiger partial charge in [0.15, 0.2) is 0 Å². The van der Waals surface area contributed by atoms with Crippen LogP contribution in [-0.4, -0.2) is 22.9 Å². The molecule has 1 aliphatic carbocycles. The minimum absolute atomic E-state index is 0.592. The molecule has 0 radical (unpaired) electrons. The molecule has 0 aliphatic heterocycles. The minimum Gasteiger partial charge on any atom is -0.316 e. The summed E-state index contributed by atoms with van der Waals surface area (Å²) in [7, 11) is 4.09. The van der Waals surface area contributed by atoms with Crippen LogP contribution in [0, 0.1) is 11.8 Å². The first-order valence-electron chi connectivity index (χ1n) is 7.38. The Labute approximate surface area is 111 Å². The zero-order valence-electron chi connectivity index (χ0n) is 12.0. The molecule has 1 fully saturated rings. The number of hydrogen-bond donors (Lipinski definition) is 1. The summed E-state index contributed by atoms with van der Waals surface area (Å²) in [5.41, 5.74) is 1.22. The van der Waals surface area contributed by atoms with Crippen LogP contribution >= 0.6 is 0 Å². The van der Waals surface area contributed by atoms with Crippen molar-refractivity contribution in [3.05, 3.63) is 18.0 Å². The third kappa shape index (κ3) is 3.35. The first kappa shape index (κ1) is 13.6. The zero-order valence-corrected chi connectivity index (χ0v) is 12.0. The van der Waals surface area contributed by atoms with Gasteiger partial charge in [0.1, 0.15) is 0 Å². The lowest BCUT2D eigenvalue weighted by Crippen LogP contribution is -2.38. The van der Waals surface area contributed by atoms with Crippen LogP contribution in [0.25, 0.3) is 0 Å². The third-order valence-corrected chi connectivity index (χ3v) is 4.54. The Balaban J connectivity index is 1.95. The Hall–Kier alpha value is -0.830. The fourth-order valence-electron chi connectivity index (χ4n) is 3.37. The van der Waals surface area contributed by atoms with Gasteiger partial charge < -0.3 is 5.32 Å². The summed E-state index contributed by atoms with van der Waals surface area (Å²) in [6, 6.07) is 2.74. The topological polar surface area (TPSA) is 29.9 Å². The van der Waals surface area contributed by atoms with E-state index in [1.165, 1.54) is 37.8 Å². The Bertz CT molecular complexity index is 358. The molecule has 1 aromatic rings. The summed E-state index contributed by atoms with van der Waals surface area (Å²) in [5, 5.41) is 8.03. The van der Waals surface area contributed by atoms with E-state index in [0.717, 1.165) is 18.3 Å². The molecule has 3 unspecified atom stereocenters. The molecule has 3 heteroatoms. The second kappa shape index (κ2) is 6.37. The molecule has 0 bridgehead atoms. The summed E-state index contributed by atoms with van der Waals surface area (Å²) in [6.45, 7) is 2.33. The minimum atomic E-state index is 0.592. The van der Waals surface area contributed by atoms with Crippen molar-refractivity contribution in [3.8, 4) is 0 Å². The van der Waals surface area contributed by atoms with E-state index in [1.807, 2.05) is 17.9 Å². The summed E-state index contributed by atoms with van der Waals surface area (Å²) in [5.74, 6) is 1.78. The molecule has 18 heavy (non-hydrogen) atoms. The molecule has 3 atom stereocenters. The van der Waals surface area contributed by atoms with Crippen LogP contribution < -0.4 is 5.32 Å². The summed E-state index contributed by atoms with van der Waals surface area (Å²) < 4.78 is 1.90. The van der Waals surface area contributed by atoms with Gasteiger partial charge in [0.25, 0.3) is 0 Å². The van der Waals surface area contributed by atoms with Crippen LogP contribution in [-0.2, 0) is 13.5 Å². The molecule has 1 aromatic heterocycles. The fourth-order valence-corrected chi connectivity index (χ4v) is 3.37. The van der Waals surface area contributed by atoms with Gasteiger partial charge in [-0.25, -0.2) is 0 Å². The summed E-state index contributed by atoms with van der Waals surface area (Å²) in [6.07, 6.45) is 10.1. The van der Waals surface area contributed by atoms with E-state index in [4.69, 9.17) is 0 Å². The van der Waals surface area contributed by atoms with Gasteiger partial charge in [0.05, 0.1) is 5.69 Å².